The van der Waals surface area contributed by atoms with E-state index in [0.717, 1.165) is 54.2 Å². The zero-order valence-corrected chi connectivity index (χ0v) is 16.1. The summed E-state index contributed by atoms with van der Waals surface area (Å²) in [6.07, 6.45) is 6.90. The molecule has 1 aliphatic carbocycles. The van der Waals surface area contributed by atoms with E-state index in [0.29, 0.717) is 6.42 Å². The Morgan fingerprint density at radius 1 is 1.28 bits per heavy atom. The van der Waals surface area contributed by atoms with E-state index in [1.165, 1.54) is 0 Å². The number of aromatic amines is 1. The number of hydrogen-bond acceptors (Lipinski definition) is 5. The van der Waals surface area contributed by atoms with Crippen LogP contribution >= 0.6 is 0 Å². The molecule has 5 heterocycles. The van der Waals surface area contributed by atoms with E-state index in [9.17, 15) is 9.18 Å². The molecule has 0 radical (unpaired) electrons. The molecule has 0 aromatic carbocycles. The second-order valence-corrected chi connectivity index (χ2v) is 8.41. The van der Waals surface area contributed by atoms with Crippen LogP contribution in [0.25, 0.3) is 22.6 Å². The highest BCUT2D eigenvalue weighted by molar-refractivity contribution is 5.89. The highest BCUT2D eigenvalue weighted by atomic mass is 19.1. The summed E-state index contributed by atoms with van der Waals surface area (Å²) in [7, 11) is 1.87. The van der Waals surface area contributed by atoms with Crippen LogP contribution in [0.4, 0.5) is 10.1 Å². The van der Waals surface area contributed by atoms with Crippen LogP contribution in [-0.4, -0.2) is 66.9 Å². The molecule has 3 fully saturated rings. The van der Waals surface area contributed by atoms with Crippen molar-refractivity contribution in [3.63, 3.8) is 0 Å². The maximum Gasteiger partial charge on any atom is 0.229 e. The number of amides is 1. The summed E-state index contributed by atoms with van der Waals surface area (Å²) in [5.74, 6) is 0.362. The summed E-state index contributed by atoms with van der Waals surface area (Å²) in [5.41, 5.74) is 3.51. The largest absolute Gasteiger partial charge is 0.365 e. The number of halogens is 1. The zero-order chi connectivity index (χ0) is 19.7. The molecule has 2 bridgehead atoms. The summed E-state index contributed by atoms with van der Waals surface area (Å²) in [6.45, 7) is 1.50. The second-order valence-electron chi connectivity index (χ2n) is 8.41. The van der Waals surface area contributed by atoms with E-state index >= 15 is 0 Å². The predicted molar refractivity (Wildman–Crippen MR) is 105 cm³/mol. The standard InChI is InChI=1S/C20H22FN7O/c1-26-8-11(7-23-26)18-24-17-16(4-5-22-19(17)25-18)27-9-12-2-3-13(10-27)28(12)20(29)14-6-15(14)21/h4-5,7-8,12-15H,2-3,6,9-10H2,1H3,(H,22,24,25)/t12?,13?,14-,15-/m1/s1. The summed E-state index contributed by atoms with van der Waals surface area (Å²) in [4.78, 5) is 29.5. The number of nitrogens with zero attached hydrogens (tertiary/aromatic N) is 6. The van der Waals surface area contributed by atoms with Gasteiger partial charge in [0, 0.05) is 44.6 Å². The smallest absolute Gasteiger partial charge is 0.229 e. The quantitative estimate of drug-likeness (QED) is 0.732. The maximum absolute atomic E-state index is 13.4. The first-order valence-corrected chi connectivity index (χ1v) is 10.1. The molecule has 0 spiro atoms. The topological polar surface area (TPSA) is 82.9 Å². The third kappa shape index (κ3) is 2.63. The first kappa shape index (κ1) is 16.9. The van der Waals surface area contributed by atoms with Gasteiger partial charge in [-0.05, 0) is 25.3 Å². The van der Waals surface area contributed by atoms with Crippen molar-refractivity contribution in [1.82, 2.24) is 29.6 Å². The lowest BCUT2D eigenvalue weighted by molar-refractivity contribution is -0.136. The number of piperazine rings is 1. The van der Waals surface area contributed by atoms with Gasteiger partial charge in [0.05, 0.1) is 23.4 Å². The van der Waals surface area contributed by atoms with E-state index in [2.05, 4.69) is 20.0 Å². The monoisotopic (exact) mass is 395 g/mol. The Bertz CT molecular complexity index is 1090. The first-order valence-electron chi connectivity index (χ1n) is 10.1. The highest BCUT2D eigenvalue weighted by Crippen LogP contribution is 2.41. The molecule has 3 aliphatic rings. The fraction of sp³-hybridized carbons (Fsp3) is 0.500. The fourth-order valence-electron chi connectivity index (χ4n) is 4.90. The van der Waals surface area contributed by atoms with Crippen LogP contribution in [-0.2, 0) is 11.8 Å². The number of aromatic nitrogens is 5. The van der Waals surface area contributed by atoms with Crippen LogP contribution in [0.2, 0.25) is 0 Å². The van der Waals surface area contributed by atoms with E-state index < -0.39 is 12.1 Å². The van der Waals surface area contributed by atoms with Crippen molar-refractivity contribution in [2.24, 2.45) is 13.0 Å². The van der Waals surface area contributed by atoms with Crippen LogP contribution in [0.3, 0.4) is 0 Å². The summed E-state index contributed by atoms with van der Waals surface area (Å²) >= 11 is 0. The maximum atomic E-state index is 13.4. The number of carbonyl (C=O) groups excluding carboxylic acids is 1. The second kappa shape index (κ2) is 6.01. The number of alkyl halides is 1. The number of imidazole rings is 1. The van der Waals surface area contributed by atoms with Gasteiger partial charge in [0.1, 0.15) is 17.5 Å². The van der Waals surface area contributed by atoms with E-state index in [1.807, 2.05) is 24.2 Å². The van der Waals surface area contributed by atoms with Gasteiger partial charge in [-0.1, -0.05) is 0 Å². The molecule has 29 heavy (non-hydrogen) atoms. The van der Waals surface area contributed by atoms with Crippen LogP contribution in [0.1, 0.15) is 19.3 Å². The fourth-order valence-corrected chi connectivity index (χ4v) is 4.90. The molecule has 2 aliphatic heterocycles. The Morgan fingerprint density at radius 2 is 2.03 bits per heavy atom. The van der Waals surface area contributed by atoms with Crippen molar-refractivity contribution in [2.75, 3.05) is 18.0 Å². The van der Waals surface area contributed by atoms with Crippen molar-refractivity contribution < 1.29 is 9.18 Å². The number of rotatable bonds is 3. The first-order chi connectivity index (χ1) is 14.1. The number of carbonyl (C=O) groups is 1. The number of pyridine rings is 1. The predicted octanol–water partition coefficient (Wildman–Crippen LogP) is 1.90. The van der Waals surface area contributed by atoms with Crippen molar-refractivity contribution in [3.05, 3.63) is 24.7 Å². The minimum Gasteiger partial charge on any atom is -0.365 e. The molecule has 2 saturated heterocycles. The molecule has 1 amide bonds. The number of nitrogens with one attached hydrogen (secondary N) is 1. The summed E-state index contributed by atoms with van der Waals surface area (Å²) in [6, 6.07) is 2.29. The van der Waals surface area contributed by atoms with Gasteiger partial charge < -0.3 is 14.8 Å². The zero-order valence-electron chi connectivity index (χ0n) is 16.1. The number of anilines is 1. The van der Waals surface area contributed by atoms with Gasteiger partial charge >= 0.3 is 0 Å². The van der Waals surface area contributed by atoms with Gasteiger partial charge in [0.15, 0.2) is 5.65 Å². The normalized spacial score (nSPS) is 28.3. The SMILES string of the molecule is Cn1cc(-c2nc3c(N4CC5CCC(C4)N5C(=O)[C@@H]4C[C@H]4F)ccnc3[nH]2)cn1. The van der Waals surface area contributed by atoms with Crippen molar-refractivity contribution >= 4 is 22.8 Å². The Kier molecular flexibility index (Phi) is 3.51. The summed E-state index contributed by atoms with van der Waals surface area (Å²) in [5, 5.41) is 4.21. The number of aryl methyl sites for hydroxylation is 1. The van der Waals surface area contributed by atoms with Gasteiger partial charge in [-0.3, -0.25) is 9.48 Å². The molecule has 150 valence electrons. The average Bonchev–Trinajstić information content (AvgIpc) is 3.04. The number of hydrogen-bond donors (Lipinski definition) is 1. The molecule has 8 nitrogen and oxygen atoms in total. The lowest BCUT2D eigenvalue weighted by atomic mass is 10.1. The van der Waals surface area contributed by atoms with Gasteiger partial charge in [-0.25, -0.2) is 14.4 Å². The number of H-pyrrole nitrogens is 1. The van der Waals surface area contributed by atoms with E-state index in [1.54, 1.807) is 17.1 Å². The number of fused-ring (bicyclic) bond motifs is 3. The van der Waals surface area contributed by atoms with Crippen molar-refractivity contribution in [3.8, 4) is 11.4 Å². The van der Waals surface area contributed by atoms with Gasteiger partial charge in [-0.2, -0.15) is 5.10 Å². The molecule has 4 atom stereocenters. The molecule has 1 N–H and O–H groups in total. The molecular weight excluding hydrogens is 373 g/mol. The Morgan fingerprint density at radius 3 is 2.69 bits per heavy atom. The Balaban J connectivity index is 1.31. The molecule has 3 aromatic heterocycles. The van der Waals surface area contributed by atoms with Crippen LogP contribution in [0.15, 0.2) is 24.7 Å². The Labute approximate surface area is 166 Å². The van der Waals surface area contributed by atoms with Crippen molar-refractivity contribution in [2.45, 2.75) is 37.5 Å². The van der Waals surface area contributed by atoms with E-state index in [-0.39, 0.29) is 18.0 Å². The molecule has 9 heteroatoms. The van der Waals surface area contributed by atoms with E-state index in [4.69, 9.17) is 4.98 Å². The molecular formula is C20H22FN7O. The minimum atomic E-state index is -0.935. The highest BCUT2D eigenvalue weighted by Gasteiger charge is 2.51. The molecule has 2 unspecified atom stereocenters. The van der Waals surface area contributed by atoms with Crippen molar-refractivity contribution in [1.29, 1.82) is 0 Å². The summed E-state index contributed by atoms with van der Waals surface area (Å²) < 4.78 is 15.2. The molecule has 6 rings (SSSR count). The lowest BCUT2D eigenvalue weighted by Crippen LogP contribution is -2.56. The lowest BCUT2D eigenvalue weighted by Gasteiger charge is -2.42. The van der Waals surface area contributed by atoms with Crippen LogP contribution in [0, 0.1) is 5.92 Å². The van der Waals surface area contributed by atoms with Gasteiger partial charge in [0.25, 0.3) is 0 Å². The third-order valence-corrected chi connectivity index (χ3v) is 6.45. The molecule has 1 saturated carbocycles. The molecule has 3 aromatic rings. The van der Waals surface area contributed by atoms with Crippen LogP contribution < -0.4 is 4.90 Å². The van der Waals surface area contributed by atoms with Crippen LogP contribution in [0.5, 0.6) is 0 Å². The average molecular weight is 395 g/mol. The van der Waals surface area contributed by atoms with Gasteiger partial charge in [-0.15, -0.1) is 0 Å². The third-order valence-electron chi connectivity index (χ3n) is 6.45. The van der Waals surface area contributed by atoms with Gasteiger partial charge in [0.2, 0.25) is 5.91 Å². The Hall–Kier alpha value is -2.97. The minimum absolute atomic E-state index is 0.0168.